The second-order valence-corrected chi connectivity index (χ2v) is 6.36. The third kappa shape index (κ3) is 1.99. The molecule has 3 nitrogen and oxygen atoms in total. The molecule has 0 spiro atoms. The Morgan fingerprint density at radius 3 is 2.94 bits per heavy atom. The Kier molecular flexibility index (Phi) is 2.77. The van der Waals surface area contributed by atoms with E-state index in [0.29, 0.717) is 12.0 Å². The van der Waals surface area contributed by atoms with Crippen LogP contribution in [0.2, 0.25) is 0 Å². The molecule has 1 aliphatic carbocycles. The van der Waals surface area contributed by atoms with Crippen LogP contribution in [-0.4, -0.2) is 23.8 Å². The summed E-state index contributed by atoms with van der Waals surface area (Å²) < 4.78 is 11.3. The molecule has 0 bridgehead atoms. The Morgan fingerprint density at radius 1 is 1.39 bits per heavy atom. The molecule has 0 unspecified atom stereocenters. The number of esters is 1. The topological polar surface area (TPSA) is 38.8 Å². The van der Waals surface area contributed by atoms with Gasteiger partial charge in [-0.05, 0) is 45.6 Å². The molecule has 3 rings (SSSR count). The summed E-state index contributed by atoms with van der Waals surface area (Å²) in [5.74, 6) is 0.318. The minimum absolute atomic E-state index is 0.00796. The largest absolute Gasteiger partial charge is 0.458 e. The number of fused-ring (bicyclic) bond motifs is 2. The normalized spacial score (nSPS) is 50.6. The molecule has 0 aromatic rings. The highest BCUT2D eigenvalue weighted by molar-refractivity contribution is 5.75. The predicted octanol–water partition coefficient (Wildman–Crippen LogP) is 2.84. The van der Waals surface area contributed by atoms with Gasteiger partial charge in [-0.2, -0.15) is 0 Å². The van der Waals surface area contributed by atoms with E-state index in [-0.39, 0.29) is 23.6 Å². The van der Waals surface area contributed by atoms with E-state index in [9.17, 15) is 4.79 Å². The lowest BCUT2D eigenvalue weighted by atomic mass is 9.82. The van der Waals surface area contributed by atoms with E-state index in [4.69, 9.17) is 9.47 Å². The first-order valence-electron chi connectivity index (χ1n) is 7.05. The summed E-state index contributed by atoms with van der Waals surface area (Å²) in [6.45, 7) is 6.33. The van der Waals surface area contributed by atoms with Crippen LogP contribution in [0.25, 0.3) is 0 Å². The van der Waals surface area contributed by atoms with Gasteiger partial charge in [0.2, 0.25) is 0 Å². The summed E-state index contributed by atoms with van der Waals surface area (Å²) in [5, 5.41) is 0. The molecule has 0 amide bonds. The zero-order chi connectivity index (χ0) is 12.9. The Hall–Kier alpha value is -0.830. The van der Waals surface area contributed by atoms with Gasteiger partial charge >= 0.3 is 5.97 Å². The Morgan fingerprint density at radius 2 is 2.17 bits per heavy atom. The van der Waals surface area contributed by atoms with Gasteiger partial charge in [0.1, 0.15) is 6.10 Å². The van der Waals surface area contributed by atoms with Crippen molar-refractivity contribution in [1.82, 2.24) is 0 Å². The fraction of sp³-hybridized carbons (Fsp3) is 0.800. The van der Waals surface area contributed by atoms with Gasteiger partial charge in [-0.25, -0.2) is 0 Å². The highest BCUT2D eigenvalue weighted by Crippen LogP contribution is 2.46. The number of hydrogen-bond acceptors (Lipinski definition) is 3. The van der Waals surface area contributed by atoms with Crippen molar-refractivity contribution in [3.05, 3.63) is 11.6 Å². The second kappa shape index (κ2) is 4.09. The quantitative estimate of drug-likeness (QED) is 0.377. The molecule has 2 heterocycles. The number of epoxide rings is 1. The predicted molar refractivity (Wildman–Crippen MR) is 68.0 cm³/mol. The van der Waals surface area contributed by atoms with Crippen molar-refractivity contribution in [1.29, 1.82) is 0 Å². The summed E-state index contributed by atoms with van der Waals surface area (Å²) in [6.07, 6.45) is 6.80. The molecule has 5 atom stereocenters. The van der Waals surface area contributed by atoms with E-state index in [2.05, 4.69) is 19.9 Å². The number of hydrogen-bond donors (Lipinski definition) is 0. The first-order valence-corrected chi connectivity index (χ1v) is 7.05. The standard InChI is InChI=1S/C15H22O3/c1-9-4-5-13-15(3,18-13)7-6-11-10(2)14(16)17-12(11)8-9/h8,10-13H,4-7H2,1-3H3/b9-8+/t10-,11+,12-,13-,15+/m1/s1. The van der Waals surface area contributed by atoms with Crippen LogP contribution in [0.4, 0.5) is 0 Å². The van der Waals surface area contributed by atoms with Gasteiger partial charge < -0.3 is 9.47 Å². The Labute approximate surface area is 109 Å². The van der Waals surface area contributed by atoms with Gasteiger partial charge in [0, 0.05) is 5.92 Å². The third-order valence-electron chi connectivity index (χ3n) is 4.95. The molecule has 0 radical (unpaired) electrons. The minimum Gasteiger partial charge on any atom is -0.458 e. The van der Waals surface area contributed by atoms with Gasteiger partial charge in [0.05, 0.1) is 17.6 Å². The van der Waals surface area contributed by atoms with Crippen molar-refractivity contribution in [2.45, 2.75) is 64.3 Å². The fourth-order valence-corrected chi connectivity index (χ4v) is 3.41. The van der Waals surface area contributed by atoms with Crippen LogP contribution in [0.3, 0.4) is 0 Å². The summed E-state index contributed by atoms with van der Waals surface area (Å²) in [7, 11) is 0. The zero-order valence-electron chi connectivity index (χ0n) is 11.4. The fourth-order valence-electron chi connectivity index (χ4n) is 3.41. The van der Waals surface area contributed by atoms with Crippen LogP contribution < -0.4 is 0 Å². The van der Waals surface area contributed by atoms with E-state index in [1.165, 1.54) is 5.57 Å². The number of carbonyl (C=O) groups excluding carboxylic acids is 1. The van der Waals surface area contributed by atoms with Crippen molar-refractivity contribution in [3.8, 4) is 0 Å². The van der Waals surface area contributed by atoms with Gasteiger partial charge in [-0.15, -0.1) is 0 Å². The first-order chi connectivity index (χ1) is 8.49. The molecular weight excluding hydrogens is 228 g/mol. The first kappa shape index (κ1) is 12.2. The number of carbonyl (C=O) groups is 1. The Balaban J connectivity index is 1.83. The second-order valence-electron chi connectivity index (χ2n) is 6.36. The zero-order valence-corrected chi connectivity index (χ0v) is 11.4. The van der Waals surface area contributed by atoms with Crippen molar-refractivity contribution >= 4 is 5.97 Å². The van der Waals surface area contributed by atoms with Gasteiger partial charge in [0.15, 0.2) is 0 Å². The maximum absolute atomic E-state index is 11.7. The van der Waals surface area contributed by atoms with E-state index < -0.39 is 0 Å². The third-order valence-corrected chi connectivity index (χ3v) is 4.95. The van der Waals surface area contributed by atoms with Gasteiger partial charge in [-0.1, -0.05) is 12.5 Å². The maximum Gasteiger partial charge on any atom is 0.309 e. The molecular formula is C15H22O3. The summed E-state index contributed by atoms with van der Waals surface area (Å²) in [5.41, 5.74) is 1.39. The number of allylic oxidation sites excluding steroid dienone is 1. The summed E-state index contributed by atoms with van der Waals surface area (Å²) in [4.78, 5) is 11.7. The van der Waals surface area contributed by atoms with Crippen molar-refractivity contribution in [3.63, 3.8) is 0 Å². The van der Waals surface area contributed by atoms with Gasteiger partial charge in [-0.3, -0.25) is 4.79 Å². The van der Waals surface area contributed by atoms with Crippen molar-refractivity contribution in [2.75, 3.05) is 0 Å². The molecule has 0 saturated carbocycles. The van der Waals surface area contributed by atoms with Crippen LogP contribution in [0.5, 0.6) is 0 Å². The lowest BCUT2D eigenvalue weighted by molar-refractivity contribution is -0.142. The van der Waals surface area contributed by atoms with Crippen LogP contribution in [0, 0.1) is 11.8 Å². The van der Waals surface area contributed by atoms with Crippen molar-refractivity contribution < 1.29 is 14.3 Å². The molecule has 2 aliphatic heterocycles. The lowest BCUT2D eigenvalue weighted by Crippen LogP contribution is -2.22. The highest BCUT2D eigenvalue weighted by Gasteiger charge is 2.52. The number of ether oxygens (including phenoxy) is 2. The molecule has 0 aromatic carbocycles. The lowest BCUT2D eigenvalue weighted by Gasteiger charge is -2.20. The summed E-state index contributed by atoms with van der Waals surface area (Å²) >= 11 is 0. The molecule has 2 fully saturated rings. The van der Waals surface area contributed by atoms with E-state index in [1.807, 2.05) is 6.92 Å². The van der Waals surface area contributed by atoms with Gasteiger partial charge in [0.25, 0.3) is 0 Å². The highest BCUT2D eigenvalue weighted by atomic mass is 16.6. The SMILES string of the molecule is C/C1=C\[C@H]2OC(=O)[C@H](C)[C@@H]2CC[C@]2(C)O[C@@H]2CC1. The minimum atomic E-state index is -0.0354. The van der Waals surface area contributed by atoms with Crippen molar-refractivity contribution in [2.24, 2.45) is 11.8 Å². The molecule has 100 valence electrons. The summed E-state index contributed by atoms with van der Waals surface area (Å²) in [6, 6.07) is 0. The average molecular weight is 250 g/mol. The Bertz CT molecular complexity index is 401. The molecule has 0 N–H and O–H groups in total. The van der Waals surface area contributed by atoms with E-state index in [0.717, 1.165) is 25.7 Å². The molecule has 3 heteroatoms. The van der Waals surface area contributed by atoms with Crippen LogP contribution in [0.15, 0.2) is 11.6 Å². The van der Waals surface area contributed by atoms with Crippen LogP contribution in [0.1, 0.15) is 46.5 Å². The molecule has 18 heavy (non-hydrogen) atoms. The van der Waals surface area contributed by atoms with E-state index in [1.54, 1.807) is 0 Å². The molecule has 0 aromatic heterocycles. The molecule has 3 aliphatic rings. The average Bonchev–Trinajstić information content (AvgIpc) is 2.89. The monoisotopic (exact) mass is 250 g/mol. The van der Waals surface area contributed by atoms with Crippen LogP contribution >= 0.6 is 0 Å². The van der Waals surface area contributed by atoms with E-state index >= 15 is 0 Å². The smallest absolute Gasteiger partial charge is 0.309 e. The maximum atomic E-state index is 11.7. The van der Waals surface area contributed by atoms with Crippen LogP contribution in [-0.2, 0) is 14.3 Å². The number of rotatable bonds is 0. The molecule has 2 saturated heterocycles.